The molecule has 0 aromatic heterocycles. The van der Waals surface area contributed by atoms with Crippen molar-refractivity contribution in [2.45, 2.75) is 53.1 Å². The predicted octanol–water partition coefficient (Wildman–Crippen LogP) is 8.24. The van der Waals surface area contributed by atoms with Crippen molar-refractivity contribution in [2.75, 3.05) is 4.90 Å². The topological polar surface area (TPSA) is 79.3 Å². The Morgan fingerprint density at radius 2 is 1.85 bits per heavy atom. The van der Waals surface area contributed by atoms with Gasteiger partial charge in [-0.1, -0.05) is 65.1 Å². The van der Waals surface area contributed by atoms with Crippen molar-refractivity contribution in [1.82, 2.24) is 0 Å². The number of hydrogen-bond donors (Lipinski definition) is 1. The second kappa shape index (κ2) is 10.8. The van der Waals surface area contributed by atoms with Crippen LogP contribution in [0.1, 0.15) is 54.9 Å². The highest BCUT2D eigenvalue weighted by Gasteiger charge is 2.45. The first kappa shape index (κ1) is 28.0. The molecule has 0 spiro atoms. The summed E-state index contributed by atoms with van der Waals surface area (Å²) in [4.78, 5) is 15.8. The van der Waals surface area contributed by atoms with Gasteiger partial charge in [-0.15, -0.1) is 0 Å². The minimum Gasteiger partial charge on any atom is -0.489 e. The molecule has 1 unspecified atom stereocenters. The fraction of sp³-hybridized carbons (Fsp3) is 0.273. The Morgan fingerprint density at radius 1 is 1.12 bits per heavy atom. The van der Waals surface area contributed by atoms with E-state index in [9.17, 15) is 10.1 Å². The first-order valence-corrected chi connectivity index (χ1v) is 14.4. The van der Waals surface area contributed by atoms with Gasteiger partial charge in [-0.3, -0.25) is 9.69 Å². The summed E-state index contributed by atoms with van der Waals surface area (Å²) in [6.45, 7) is 8.59. The molecule has 3 aromatic carbocycles. The van der Waals surface area contributed by atoms with E-state index in [1.807, 2.05) is 61.2 Å². The van der Waals surface area contributed by atoms with Gasteiger partial charge in [0.05, 0.1) is 17.6 Å². The van der Waals surface area contributed by atoms with Gasteiger partial charge in [0.2, 0.25) is 0 Å². The number of anilines is 1. The molecule has 0 radical (unpaired) electrons. The van der Waals surface area contributed by atoms with Gasteiger partial charge in [0.15, 0.2) is 5.78 Å². The van der Waals surface area contributed by atoms with E-state index in [1.165, 1.54) is 0 Å². The number of allylic oxidation sites excluding steroid dienone is 3. The predicted molar refractivity (Wildman–Crippen MR) is 163 cm³/mol. The maximum atomic E-state index is 13.9. The van der Waals surface area contributed by atoms with Gasteiger partial charge >= 0.3 is 0 Å². The highest BCUT2D eigenvalue weighted by Crippen LogP contribution is 2.51. The van der Waals surface area contributed by atoms with Crippen molar-refractivity contribution >= 4 is 39.0 Å². The average molecular weight is 617 g/mol. The van der Waals surface area contributed by atoms with Crippen LogP contribution in [-0.4, -0.2) is 5.78 Å². The number of halogens is 2. The summed E-state index contributed by atoms with van der Waals surface area (Å²) in [6, 6.07) is 21.6. The fourth-order valence-corrected chi connectivity index (χ4v) is 6.28. The van der Waals surface area contributed by atoms with Crippen LogP contribution in [0.2, 0.25) is 5.02 Å². The van der Waals surface area contributed by atoms with Crippen molar-refractivity contribution in [3.63, 3.8) is 0 Å². The Bertz CT molecular complexity index is 1620. The Labute approximate surface area is 249 Å². The summed E-state index contributed by atoms with van der Waals surface area (Å²) in [5.74, 6) is 0.562. The third-order valence-electron chi connectivity index (χ3n) is 7.67. The van der Waals surface area contributed by atoms with Crippen LogP contribution in [0.5, 0.6) is 5.75 Å². The van der Waals surface area contributed by atoms with Crippen molar-refractivity contribution < 1.29 is 9.53 Å². The zero-order chi connectivity index (χ0) is 28.8. The SMILES string of the molecule is Cc1cc(COc2ccc(Br)cc2)c(C)c(C2C(C#N)=C(N)N(c3cccc(Cl)c3)C3=C2C(=O)CC(C)(C)C3)c1. The molecule has 0 amide bonds. The van der Waals surface area contributed by atoms with Crippen molar-refractivity contribution in [1.29, 1.82) is 5.26 Å². The number of ketones is 1. The Kier molecular flexibility index (Phi) is 7.56. The van der Waals surface area contributed by atoms with E-state index in [0.29, 0.717) is 41.4 Å². The van der Waals surface area contributed by atoms with Crippen molar-refractivity contribution in [3.05, 3.63) is 115 Å². The second-order valence-corrected chi connectivity index (χ2v) is 12.7. The molecule has 5 nitrogen and oxygen atoms in total. The minimum absolute atomic E-state index is 0.0390. The van der Waals surface area contributed by atoms with E-state index >= 15 is 0 Å². The molecule has 0 saturated heterocycles. The molecular formula is C33H31BrClN3O2. The number of carbonyl (C=O) groups is 1. The summed E-state index contributed by atoms with van der Waals surface area (Å²) in [7, 11) is 0. The van der Waals surface area contributed by atoms with E-state index in [0.717, 1.165) is 43.9 Å². The van der Waals surface area contributed by atoms with E-state index in [1.54, 1.807) is 6.07 Å². The molecule has 2 aliphatic rings. The smallest absolute Gasteiger partial charge is 0.162 e. The number of aryl methyl sites for hydroxylation is 1. The first-order valence-electron chi connectivity index (χ1n) is 13.2. The van der Waals surface area contributed by atoms with Crippen LogP contribution in [0.15, 0.2) is 87.8 Å². The quantitative estimate of drug-likeness (QED) is 0.312. The minimum atomic E-state index is -0.564. The molecule has 5 rings (SSSR count). The van der Waals surface area contributed by atoms with Crippen LogP contribution in [0, 0.1) is 30.6 Å². The lowest BCUT2D eigenvalue weighted by molar-refractivity contribution is -0.118. The van der Waals surface area contributed by atoms with E-state index in [2.05, 4.69) is 48.0 Å². The molecule has 1 aliphatic heterocycles. The molecule has 1 atom stereocenters. The maximum Gasteiger partial charge on any atom is 0.162 e. The first-order chi connectivity index (χ1) is 19.0. The summed E-state index contributed by atoms with van der Waals surface area (Å²) < 4.78 is 7.10. The zero-order valence-electron chi connectivity index (χ0n) is 23.0. The molecule has 40 heavy (non-hydrogen) atoms. The Hall–Kier alpha value is -3.53. The number of Topliss-reactive ketones (excluding diaryl/α,β-unsaturated/α-hetero) is 1. The van der Waals surface area contributed by atoms with Crippen LogP contribution >= 0.6 is 27.5 Å². The zero-order valence-corrected chi connectivity index (χ0v) is 25.4. The van der Waals surface area contributed by atoms with Gasteiger partial charge in [-0.05, 0) is 84.8 Å². The lowest BCUT2D eigenvalue weighted by atomic mass is 9.68. The monoisotopic (exact) mass is 615 g/mol. The standard InChI is InChI=1S/C33H31BrClN3O2/c1-19-12-21(18-40-25-10-8-22(34)9-11-25)20(2)26(13-19)30-27(17-36)32(37)38(24-7-5-6-23(35)14-24)28-15-33(3,4)16-29(39)31(28)30/h5-14,30H,15-16,18,37H2,1-4H3. The van der Waals surface area contributed by atoms with Gasteiger partial charge in [0.25, 0.3) is 0 Å². The normalized spacial score (nSPS) is 18.5. The summed E-state index contributed by atoms with van der Waals surface area (Å²) >= 11 is 9.82. The molecule has 0 saturated carbocycles. The number of carbonyl (C=O) groups excluding carboxylic acids is 1. The van der Waals surface area contributed by atoms with E-state index in [-0.39, 0.29) is 11.2 Å². The van der Waals surface area contributed by atoms with Gasteiger partial charge in [-0.2, -0.15) is 5.26 Å². The van der Waals surface area contributed by atoms with Gasteiger partial charge < -0.3 is 10.5 Å². The van der Waals surface area contributed by atoms with Gasteiger partial charge in [0.1, 0.15) is 18.2 Å². The molecule has 1 heterocycles. The van der Waals surface area contributed by atoms with E-state index < -0.39 is 5.92 Å². The average Bonchev–Trinajstić information content (AvgIpc) is 2.88. The van der Waals surface area contributed by atoms with Gasteiger partial charge in [-0.25, -0.2) is 0 Å². The number of benzene rings is 3. The number of nitriles is 1. The molecule has 2 N–H and O–H groups in total. The summed E-state index contributed by atoms with van der Waals surface area (Å²) in [6.07, 6.45) is 1.04. The lowest BCUT2D eigenvalue weighted by Gasteiger charge is -2.44. The van der Waals surface area contributed by atoms with Crippen molar-refractivity contribution in [3.8, 4) is 11.8 Å². The van der Waals surface area contributed by atoms with Crippen LogP contribution in [0.3, 0.4) is 0 Å². The molecule has 204 valence electrons. The largest absolute Gasteiger partial charge is 0.489 e. The van der Waals surface area contributed by atoms with Crippen molar-refractivity contribution in [2.24, 2.45) is 11.1 Å². The Balaban J connectivity index is 1.67. The highest BCUT2D eigenvalue weighted by molar-refractivity contribution is 9.10. The van der Waals surface area contributed by atoms with Gasteiger partial charge in [0, 0.05) is 32.9 Å². The molecule has 0 fully saturated rings. The molecule has 0 bridgehead atoms. The summed E-state index contributed by atoms with van der Waals surface area (Å²) in [5.41, 5.74) is 13.0. The number of hydrogen-bond acceptors (Lipinski definition) is 5. The van der Waals surface area contributed by atoms with E-state index in [4.69, 9.17) is 22.1 Å². The second-order valence-electron chi connectivity index (χ2n) is 11.3. The number of nitrogens with zero attached hydrogens (tertiary/aromatic N) is 2. The third kappa shape index (κ3) is 5.29. The Morgan fingerprint density at radius 3 is 2.52 bits per heavy atom. The van der Waals surface area contributed by atoms with Crippen LogP contribution in [0.4, 0.5) is 5.69 Å². The number of ether oxygens (including phenoxy) is 1. The fourth-order valence-electron chi connectivity index (χ4n) is 5.84. The number of rotatable bonds is 5. The third-order valence-corrected chi connectivity index (χ3v) is 8.43. The number of nitrogens with two attached hydrogens (primary N) is 1. The molecular weight excluding hydrogens is 586 g/mol. The van der Waals surface area contributed by atoms with Crippen LogP contribution in [-0.2, 0) is 11.4 Å². The molecule has 1 aliphatic carbocycles. The molecule has 7 heteroatoms. The highest BCUT2D eigenvalue weighted by atomic mass is 79.9. The lowest BCUT2D eigenvalue weighted by Crippen LogP contribution is -2.42. The van der Waals surface area contributed by atoms with Crippen LogP contribution < -0.4 is 15.4 Å². The summed E-state index contributed by atoms with van der Waals surface area (Å²) in [5, 5.41) is 11.0. The molecule has 3 aromatic rings. The maximum absolute atomic E-state index is 13.9. The van der Waals surface area contributed by atoms with Crippen LogP contribution in [0.25, 0.3) is 0 Å².